The first-order valence-electron chi connectivity index (χ1n) is 5.44. The van der Waals surface area contributed by atoms with Crippen molar-refractivity contribution < 1.29 is 14.3 Å². The number of nitrogens with one attached hydrogen (secondary N) is 1. The van der Waals surface area contributed by atoms with Gasteiger partial charge in [0.15, 0.2) is 5.78 Å². The predicted molar refractivity (Wildman–Crippen MR) is 56.4 cm³/mol. The molecule has 0 saturated carbocycles. The van der Waals surface area contributed by atoms with Crippen molar-refractivity contribution >= 4 is 11.7 Å². The number of Topliss-reactive ketones (excluding diaryl/α,β-unsaturated/α-hetero) is 1. The molecule has 15 heavy (non-hydrogen) atoms. The Hall–Kier alpha value is -0.900. The monoisotopic (exact) mass is 213 g/mol. The Morgan fingerprint density at radius 2 is 2.13 bits per heavy atom. The van der Waals surface area contributed by atoms with Crippen LogP contribution in [0, 0.1) is 11.8 Å². The average molecular weight is 213 g/mol. The Kier molecular flexibility index (Phi) is 4.27. The predicted octanol–water partition coefficient (Wildman–Crippen LogP) is 0.753. The van der Waals surface area contributed by atoms with E-state index in [1.54, 1.807) is 0 Å². The molecule has 2 atom stereocenters. The van der Waals surface area contributed by atoms with Crippen LogP contribution < -0.4 is 5.32 Å². The topological polar surface area (TPSA) is 55.4 Å². The van der Waals surface area contributed by atoms with Crippen LogP contribution in [0.25, 0.3) is 0 Å². The van der Waals surface area contributed by atoms with Gasteiger partial charge in [0, 0.05) is 12.5 Å². The van der Waals surface area contributed by atoms with E-state index in [1.165, 1.54) is 0 Å². The zero-order chi connectivity index (χ0) is 11.4. The van der Waals surface area contributed by atoms with Gasteiger partial charge in [0.2, 0.25) is 5.91 Å². The van der Waals surface area contributed by atoms with Crippen LogP contribution in [0.5, 0.6) is 0 Å². The quantitative estimate of drug-likeness (QED) is 0.750. The van der Waals surface area contributed by atoms with Crippen molar-refractivity contribution in [3.05, 3.63) is 0 Å². The van der Waals surface area contributed by atoms with E-state index >= 15 is 0 Å². The highest BCUT2D eigenvalue weighted by atomic mass is 16.5. The summed E-state index contributed by atoms with van der Waals surface area (Å²) in [6.07, 6.45) is 0.543. The van der Waals surface area contributed by atoms with E-state index in [4.69, 9.17) is 4.74 Å². The molecule has 1 N–H and O–H groups in total. The van der Waals surface area contributed by atoms with Crippen molar-refractivity contribution in [2.45, 2.75) is 33.3 Å². The van der Waals surface area contributed by atoms with Gasteiger partial charge in [0.1, 0.15) is 6.10 Å². The number of carbonyl (C=O) groups excluding carboxylic acids is 2. The fraction of sp³-hybridized carbons (Fsp3) is 0.818. The molecule has 4 nitrogen and oxygen atoms in total. The molecule has 0 aromatic rings. The van der Waals surface area contributed by atoms with Gasteiger partial charge in [0.05, 0.1) is 6.54 Å². The van der Waals surface area contributed by atoms with Gasteiger partial charge in [0.25, 0.3) is 0 Å². The third-order valence-corrected chi connectivity index (χ3v) is 2.73. The molecule has 0 aromatic carbocycles. The minimum atomic E-state index is -0.370. The highest BCUT2D eigenvalue weighted by Gasteiger charge is 2.30. The van der Waals surface area contributed by atoms with Crippen molar-refractivity contribution in [3.8, 4) is 0 Å². The van der Waals surface area contributed by atoms with Gasteiger partial charge in [-0.2, -0.15) is 0 Å². The molecular weight excluding hydrogens is 194 g/mol. The molecule has 0 bridgehead atoms. The number of amides is 1. The lowest BCUT2D eigenvalue weighted by Crippen LogP contribution is -2.40. The van der Waals surface area contributed by atoms with Gasteiger partial charge in [-0.25, -0.2) is 0 Å². The lowest BCUT2D eigenvalue weighted by Gasteiger charge is -2.14. The maximum absolute atomic E-state index is 11.6. The minimum Gasteiger partial charge on any atom is -0.368 e. The largest absolute Gasteiger partial charge is 0.368 e. The van der Waals surface area contributed by atoms with E-state index in [9.17, 15) is 9.59 Å². The van der Waals surface area contributed by atoms with Gasteiger partial charge in [-0.3, -0.25) is 9.59 Å². The van der Waals surface area contributed by atoms with Crippen molar-refractivity contribution in [1.82, 2.24) is 5.32 Å². The summed E-state index contributed by atoms with van der Waals surface area (Å²) in [4.78, 5) is 22.9. The van der Waals surface area contributed by atoms with Crippen LogP contribution in [0.15, 0.2) is 0 Å². The molecule has 86 valence electrons. The molecule has 2 unspecified atom stereocenters. The summed E-state index contributed by atoms with van der Waals surface area (Å²) >= 11 is 0. The van der Waals surface area contributed by atoms with E-state index in [0.717, 1.165) is 6.42 Å². The molecular formula is C11H19NO3. The van der Waals surface area contributed by atoms with E-state index < -0.39 is 0 Å². The van der Waals surface area contributed by atoms with Crippen LogP contribution in [0.1, 0.15) is 27.2 Å². The standard InChI is InChI=1S/C11H19NO3/c1-7(2)9(13)6-12-11(14)10-8(3)4-5-15-10/h7-8,10H,4-6H2,1-3H3,(H,12,14). The lowest BCUT2D eigenvalue weighted by atomic mass is 10.0. The fourth-order valence-electron chi connectivity index (χ4n) is 1.51. The first-order chi connectivity index (χ1) is 7.02. The number of hydrogen-bond donors (Lipinski definition) is 1. The number of hydrogen-bond acceptors (Lipinski definition) is 3. The summed E-state index contributed by atoms with van der Waals surface area (Å²) < 4.78 is 5.30. The third kappa shape index (κ3) is 3.30. The SMILES string of the molecule is CC(C)C(=O)CNC(=O)C1OCCC1C. The molecule has 0 aromatic heterocycles. The van der Waals surface area contributed by atoms with Crippen LogP contribution in [-0.2, 0) is 14.3 Å². The fourth-order valence-corrected chi connectivity index (χ4v) is 1.51. The van der Waals surface area contributed by atoms with Crippen LogP contribution >= 0.6 is 0 Å². The van der Waals surface area contributed by atoms with Crippen molar-refractivity contribution in [2.75, 3.05) is 13.2 Å². The molecule has 1 fully saturated rings. The van der Waals surface area contributed by atoms with Gasteiger partial charge >= 0.3 is 0 Å². The maximum atomic E-state index is 11.6. The van der Waals surface area contributed by atoms with Crippen molar-refractivity contribution in [2.24, 2.45) is 11.8 Å². The number of carbonyl (C=O) groups is 2. The number of rotatable bonds is 4. The summed E-state index contributed by atoms with van der Waals surface area (Å²) in [5, 5.41) is 2.62. The second-order valence-corrected chi connectivity index (χ2v) is 4.40. The average Bonchev–Trinajstić information content (AvgIpc) is 2.60. The van der Waals surface area contributed by atoms with E-state index in [-0.39, 0.29) is 36.2 Å². The second-order valence-electron chi connectivity index (χ2n) is 4.40. The summed E-state index contributed by atoms with van der Waals surface area (Å²) in [6.45, 7) is 6.38. The molecule has 0 spiro atoms. The molecule has 4 heteroatoms. The van der Waals surface area contributed by atoms with E-state index in [0.29, 0.717) is 6.61 Å². The van der Waals surface area contributed by atoms with E-state index in [2.05, 4.69) is 5.32 Å². The lowest BCUT2D eigenvalue weighted by molar-refractivity contribution is -0.133. The Morgan fingerprint density at radius 3 is 2.60 bits per heavy atom. The molecule has 1 heterocycles. The highest BCUT2D eigenvalue weighted by molar-refractivity contribution is 5.88. The summed E-state index contributed by atoms with van der Waals surface area (Å²) in [6, 6.07) is 0. The van der Waals surface area contributed by atoms with Gasteiger partial charge in [-0.05, 0) is 12.3 Å². The Morgan fingerprint density at radius 1 is 1.47 bits per heavy atom. The normalized spacial score (nSPS) is 25.6. The summed E-state index contributed by atoms with van der Waals surface area (Å²) in [5.74, 6) is 0.106. The molecule has 0 radical (unpaired) electrons. The number of ketones is 1. The maximum Gasteiger partial charge on any atom is 0.249 e. The van der Waals surface area contributed by atoms with Gasteiger partial charge in [-0.15, -0.1) is 0 Å². The summed E-state index contributed by atoms with van der Waals surface area (Å²) in [5.41, 5.74) is 0. The smallest absolute Gasteiger partial charge is 0.249 e. The molecule has 1 amide bonds. The Balaban J connectivity index is 2.33. The third-order valence-electron chi connectivity index (χ3n) is 2.73. The van der Waals surface area contributed by atoms with Crippen molar-refractivity contribution in [1.29, 1.82) is 0 Å². The first kappa shape index (κ1) is 12.2. The van der Waals surface area contributed by atoms with Crippen LogP contribution in [0.4, 0.5) is 0 Å². The number of ether oxygens (including phenoxy) is 1. The van der Waals surface area contributed by atoms with Crippen LogP contribution in [-0.4, -0.2) is 30.9 Å². The highest BCUT2D eigenvalue weighted by Crippen LogP contribution is 2.19. The van der Waals surface area contributed by atoms with Crippen LogP contribution in [0.2, 0.25) is 0 Å². The second kappa shape index (κ2) is 5.26. The summed E-state index contributed by atoms with van der Waals surface area (Å²) in [7, 11) is 0. The molecule has 1 aliphatic heterocycles. The molecule has 1 aliphatic rings. The van der Waals surface area contributed by atoms with E-state index in [1.807, 2.05) is 20.8 Å². The zero-order valence-electron chi connectivity index (χ0n) is 9.58. The zero-order valence-corrected chi connectivity index (χ0v) is 9.58. The Labute approximate surface area is 90.4 Å². The van der Waals surface area contributed by atoms with Gasteiger partial charge < -0.3 is 10.1 Å². The Bertz CT molecular complexity index is 250. The minimum absolute atomic E-state index is 0.0350. The molecule has 1 rings (SSSR count). The molecule has 1 saturated heterocycles. The first-order valence-corrected chi connectivity index (χ1v) is 5.44. The molecule has 0 aliphatic carbocycles. The van der Waals surface area contributed by atoms with Crippen molar-refractivity contribution in [3.63, 3.8) is 0 Å². The van der Waals surface area contributed by atoms with Crippen LogP contribution in [0.3, 0.4) is 0 Å². The van der Waals surface area contributed by atoms with Gasteiger partial charge in [-0.1, -0.05) is 20.8 Å².